The van der Waals surface area contributed by atoms with Crippen LogP contribution in [0.5, 0.6) is 0 Å². The van der Waals surface area contributed by atoms with Gasteiger partial charge in [-0.05, 0) is 94.1 Å². The number of amides is 2. The zero-order valence-corrected chi connectivity index (χ0v) is 67.2. The number of nitrogens with one attached hydrogen (secondary N) is 4. The minimum Gasteiger partial charge on any atom is -0.481 e. The van der Waals surface area contributed by atoms with E-state index in [4.69, 9.17) is 51.4 Å². The highest BCUT2D eigenvalue weighted by Crippen LogP contribution is 2.41. The number of hydrogen-bond donors (Lipinski definition) is 6. The van der Waals surface area contributed by atoms with E-state index in [1.807, 2.05) is 11.6 Å². The molecular weight excluding hydrogens is 1670 g/mol. The molecule has 594 valence electrons. The predicted octanol–water partition coefficient (Wildman–Crippen LogP) is 5.99. The Morgan fingerprint density at radius 3 is 1.50 bits per heavy atom. The van der Waals surface area contributed by atoms with Crippen LogP contribution in [0.4, 0.5) is 13.2 Å². The highest BCUT2D eigenvalue weighted by molar-refractivity contribution is 9.10. The van der Waals surface area contributed by atoms with Crippen LogP contribution < -0.4 is 27.2 Å². The number of amidine groups is 3. The van der Waals surface area contributed by atoms with Gasteiger partial charge in [-0.3, -0.25) is 48.9 Å². The highest BCUT2D eigenvalue weighted by atomic mass is 79.9. The smallest absolute Gasteiger partial charge is 0.338 e. The van der Waals surface area contributed by atoms with Crippen LogP contribution in [-0.4, -0.2) is 221 Å². The number of benzene rings is 3. The predicted molar refractivity (Wildman–Crippen MR) is 410 cm³/mol. The Balaban J connectivity index is 0.000000177. The first-order chi connectivity index (χ1) is 52.9. The summed E-state index contributed by atoms with van der Waals surface area (Å²) < 4.78 is 111. The van der Waals surface area contributed by atoms with Gasteiger partial charge in [0.1, 0.15) is 47.7 Å². The number of carbonyl (C=O) groups is 6. The summed E-state index contributed by atoms with van der Waals surface area (Å²) in [7, 11) is -2.07. The van der Waals surface area contributed by atoms with Crippen LogP contribution in [0.15, 0.2) is 149 Å². The Morgan fingerprint density at radius 1 is 0.631 bits per heavy atom. The topological polar surface area (TPSA) is 397 Å². The molecule has 3 aromatic carbocycles. The number of rotatable bonds is 24. The lowest BCUT2D eigenvalue weighted by molar-refractivity contribution is -0.140. The van der Waals surface area contributed by atoms with Gasteiger partial charge in [0.05, 0.1) is 66.7 Å². The van der Waals surface area contributed by atoms with Gasteiger partial charge in [-0.2, -0.15) is 0 Å². The molecule has 7 N–H and O–H groups in total. The molecule has 0 aliphatic carbocycles. The van der Waals surface area contributed by atoms with Gasteiger partial charge in [0.2, 0.25) is 5.91 Å². The third-order valence-electron chi connectivity index (χ3n) is 18.5. The molecule has 2 amide bonds. The molecular formula is C71H80Br2ClF3N16O15S3. The van der Waals surface area contributed by atoms with Crippen LogP contribution in [0.1, 0.15) is 97.9 Å². The molecule has 4 unspecified atom stereocenters. The Kier molecular flexibility index (Phi) is 28.5. The van der Waals surface area contributed by atoms with Crippen molar-refractivity contribution >= 4 is 128 Å². The fourth-order valence-electron chi connectivity index (χ4n) is 13.3. The van der Waals surface area contributed by atoms with Gasteiger partial charge in [0, 0.05) is 132 Å². The number of aromatic nitrogens is 5. The fourth-order valence-corrected chi connectivity index (χ4v) is 18.3. The normalized spacial score (nSPS) is 21.2. The fraction of sp³-hybridized carbons (Fsp3) is 0.408. The van der Waals surface area contributed by atoms with Crippen molar-refractivity contribution in [3.05, 3.63) is 190 Å². The molecule has 0 bridgehead atoms. The minimum absolute atomic E-state index is 0.0178. The summed E-state index contributed by atoms with van der Waals surface area (Å²) in [4.78, 5) is 113. The maximum absolute atomic E-state index is 13.9. The summed E-state index contributed by atoms with van der Waals surface area (Å²) in [5, 5.41) is 21.1. The van der Waals surface area contributed by atoms with Gasteiger partial charge in [0.15, 0.2) is 53.8 Å². The van der Waals surface area contributed by atoms with E-state index in [1.54, 1.807) is 84.6 Å². The average molecular weight is 1750 g/mol. The monoisotopic (exact) mass is 1740 g/mol. The Bertz CT molecular complexity index is 4970. The number of aryl methyl sites for hydroxylation is 2. The second-order valence-electron chi connectivity index (χ2n) is 25.9. The van der Waals surface area contributed by atoms with E-state index in [0.29, 0.717) is 95.4 Å². The van der Waals surface area contributed by atoms with Crippen LogP contribution in [0.3, 0.4) is 0 Å². The maximum atomic E-state index is 13.9. The molecule has 0 spiro atoms. The number of thiazole rings is 1. The van der Waals surface area contributed by atoms with Crippen molar-refractivity contribution in [1.82, 2.24) is 60.2 Å². The molecule has 3 aromatic heterocycles. The lowest BCUT2D eigenvalue weighted by Gasteiger charge is -2.36. The van der Waals surface area contributed by atoms with Crippen LogP contribution in [0.25, 0.3) is 0 Å². The maximum Gasteiger partial charge on any atom is 0.338 e. The van der Waals surface area contributed by atoms with Gasteiger partial charge in [-0.25, -0.2) is 64.8 Å². The number of imidazole rings is 2. The summed E-state index contributed by atoms with van der Waals surface area (Å²) in [5.74, 6) is -4.53. The third kappa shape index (κ3) is 20.8. The quantitative estimate of drug-likeness (QED) is 0.0230. The van der Waals surface area contributed by atoms with Crippen molar-refractivity contribution in [3.63, 3.8) is 0 Å². The summed E-state index contributed by atoms with van der Waals surface area (Å²) >= 11 is 14.5. The van der Waals surface area contributed by atoms with E-state index in [0.717, 1.165) is 25.5 Å². The molecule has 6 aliphatic heterocycles. The van der Waals surface area contributed by atoms with Crippen molar-refractivity contribution in [1.29, 1.82) is 0 Å². The first kappa shape index (κ1) is 84.4. The number of primary amides is 1. The number of hydrogen-bond acceptors (Lipinski definition) is 27. The van der Waals surface area contributed by atoms with Gasteiger partial charge in [-0.15, -0.1) is 11.3 Å². The second kappa shape index (κ2) is 37.5. The molecule has 3 saturated heterocycles. The first-order valence-electron chi connectivity index (χ1n) is 34.8. The van der Waals surface area contributed by atoms with Gasteiger partial charge in [-0.1, -0.05) is 61.7 Å². The molecule has 0 radical (unpaired) electrons. The number of likely N-dealkylation sites (tertiary alicyclic amines) is 1. The van der Waals surface area contributed by atoms with Gasteiger partial charge < -0.3 is 50.1 Å². The SMILES string of the molecule is CCOC(=O)C1=C(CN2CCC[C@H]2CCC(=O)O)NC(c2nccn2C)=N[C@H]1c1ccc(F)cc1Br.CCOC(=O)C1=C(CN2CCS(=O)(=O)CC2C(=O)NOC)NC(c2nccs2)=NC1c1ccc(F)cc1Cl.CCOC(=O)C1=C(CN2CCS(=O)(=O)CC2C(N)=O)NC(c2nccn2C)=NC1c1ccc(F)cc1Br. The lowest BCUT2D eigenvalue weighted by atomic mass is 9.95. The number of aliphatic imine (C=N–C) groups is 3. The Morgan fingerprint density at radius 2 is 1.07 bits per heavy atom. The van der Waals surface area contributed by atoms with Crippen molar-refractivity contribution in [2.24, 2.45) is 34.8 Å². The van der Waals surface area contributed by atoms with E-state index in [2.05, 4.69) is 73.1 Å². The molecule has 3 fully saturated rings. The zero-order valence-electron chi connectivity index (χ0n) is 60.8. The van der Waals surface area contributed by atoms with Crippen LogP contribution in [-0.2, 0) is 81.6 Å². The van der Waals surface area contributed by atoms with Crippen LogP contribution in [0.2, 0.25) is 5.02 Å². The van der Waals surface area contributed by atoms with Crippen molar-refractivity contribution in [2.75, 3.05) is 89.2 Å². The number of esters is 3. The number of sulfone groups is 2. The number of carbonyl (C=O) groups excluding carboxylic acids is 5. The van der Waals surface area contributed by atoms with Gasteiger partial charge >= 0.3 is 23.9 Å². The molecule has 6 aliphatic rings. The first-order valence-corrected chi connectivity index (χ1v) is 41.3. The van der Waals surface area contributed by atoms with Gasteiger partial charge in [0.25, 0.3) is 5.91 Å². The Labute approximate surface area is 662 Å². The van der Waals surface area contributed by atoms with Crippen molar-refractivity contribution in [3.8, 4) is 0 Å². The standard InChI is InChI=1S/C25H29BrFN5O4.C23H26BrFN6O5S.C23H25ClFN5O6S2/c1-3-36-25(35)21-19(14-32-11-4-5-16(32)7-9-20(33)34)29-23(24-28-10-12-31(24)2)30-22(21)17-8-6-15(27)13-18(17)26;1-3-36-23(33)18-16(11-31-8-9-37(34,35)12-17(31)20(26)32)28-21(22-27-6-7-30(22)2)29-19(18)14-5-4-13(25)10-15(14)24;1-3-36-23(32)18-16(11-30-7-9-38(33,34)12-17(30)21(31)29-35-2)27-20(22-26-6-8-37-22)28-19(18)14-5-4-13(25)10-15(14)24/h6,8,10,12-13,16,22H,3-5,7,9,11,14H2,1-2H3,(H,29,30)(H,33,34);4-7,10,17,19H,3,8-9,11-12H2,1-2H3,(H2,26,32)(H,28,29);4-6,8,10,17,19H,3,7,9,11-12H2,1-2H3,(H,27,28)(H,29,31)/t16-,22-;;/m0../s1. The minimum atomic E-state index is -3.49. The molecule has 6 aromatic rings. The molecule has 9 heterocycles. The summed E-state index contributed by atoms with van der Waals surface area (Å²) in [6.45, 7) is 6.59. The molecule has 40 heteroatoms. The van der Waals surface area contributed by atoms with E-state index in [1.165, 1.54) is 60.9 Å². The number of nitrogens with zero attached hydrogens (tertiary/aromatic N) is 11. The number of hydroxylamine groups is 1. The molecule has 31 nitrogen and oxygen atoms in total. The van der Waals surface area contributed by atoms with Crippen molar-refractivity contribution in [2.45, 2.75) is 82.7 Å². The molecule has 0 saturated carbocycles. The number of carboxylic acids is 1. The van der Waals surface area contributed by atoms with E-state index in [9.17, 15) is 63.9 Å². The highest BCUT2D eigenvalue weighted by Gasteiger charge is 2.43. The van der Waals surface area contributed by atoms with E-state index in [-0.39, 0.29) is 86.1 Å². The zero-order chi connectivity index (χ0) is 80.2. The largest absolute Gasteiger partial charge is 0.481 e. The number of carboxylic acid groups (broad SMARTS) is 1. The van der Waals surface area contributed by atoms with Crippen LogP contribution in [0, 0.1) is 17.5 Å². The van der Waals surface area contributed by atoms with E-state index < -0.39 is 115 Å². The molecule has 111 heavy (non-hydrogen) atoms. The number of ether oxygens (including phenoxy) is 3. The summed E-state index contributed by atoms with van der Waals surface area (Å²) in [6, 6.07) is 7.38. The number of nitrogens with two attached hydrogens (primary N) is 1. The number of halogens is 6. The van der Waals surface area contributed by atoms with Crippen LogP contribution >= 0.6 is 54.8 Å². The second-order valence-corrected chi connectivity index (χ2v) is 33.4. The number of aliphatic carboxylic acids is 1. The van der Waals surface area contributed by atoms with Crippen molar-refractivity contribution < 1.29 is 82.9 Å². The lowest BCUT2D eigenvalue weighted by Crippen LogP contribution is -2.57. The summed E-state index contributed by atoms with van der Waals surface area (Å²) in [5.41, 5.74) is 11.1. The third-order valence-corrected chi connectivity index (χ3v) is 24.3. The average Bonchev–Trinajstić information content (AvgIpc) is 1.12. The molecule has 12 rings (SSSR count). The van der Waals surface area contributed by atoms with E-state index >= 15 is 0 Å². The molecule has 6 atom stereocenters. The Hall–Kier alpha value is -9.06. The summed E-state index contributed by atoms with van der Waals surface area (Å²) in [6.07, 6.45) is 10.8.